The molecule has 1 aromatic carbocycles. The summed E-state index contributed by atoms with van der Waals surface area (Å²) >= 11 is 5.44. The number of nitrogens with one attached hydrogen (secondary N) is 1. The van der Waals surface area contributed by atoms with Crippen LogP contribution < -0.4 is 16.0 Å². The van der Waals surface area contributed by atoms with Crippen LogP contribution >= 0.6 is 11.6 Å². The lowest BCUT2D eigenvalue weighted by atomic mass is 10.3. The van der Waals surface area contributed by atoms with Gasteiger partial charge in [0.2, 0.25) is 0 Å². The first-order valence-electron chi connectivity index (χ1n) is 3.45. The SMILES string of the molecule is NNc1cc(OC(F)F)c(Cl)cc1F. The highest BCUT2D eigenvalue weighted by Crippen LogP contribution is 2.31. The van der Waals surface area contributed by atoms with Crippen LogP contribution in [-0.4, -0.2) is 6.61 Å². The Morgan fingerprint density at radius 1 is 1.43 bits per heavy atom. The quantitative estimate of drug-likeness (QED) is 0.614. The second-order valence-electron chi connectivity index (χ2n) is 2.29. The van der Waals surface area contributed by atoms with Gasteiger partial charge < -0.3 is 10.2 Å². The van der Waals surface area contributed by atoms with Crippen LogP contribution in [0, 0.1) is 5.82 Å². The van der Waals surface area contributed by atoms with Crippen molar-refractivity contribution in [2.45, 2.75) is 6.61 Å². The van der Waals surface area contributed by atoms with E-state index in [9.17, 15) is 13.2 Å². The van der Waals surface area contributed by atoms with Crippen molar-refractivity contribution in [1.82, 2.24) is 0 Å². The Morgan fingerprint density at radius 3 is 2.57 bits per heavy atom. The summed E-state index contributed by atoms with van der Waals surface area (Å²) in [5, 5.41) is -0.248. The summed E-state index contributed by atoms with van der Waals surface area (Å²) in [7, 11) is 0. The molecule has 14 heavy (non-hydrogen) atoms. The Bertz CT molecular complexity index is 335. The Balaban J connectivity index is 3.04. The van der Waals surface area contributed by atoms with Crippen molar-refractivity contribution in [1.29, 1.82) is 0 Å². The predicted octanol–water partition coefficient (Wildman–Crippen LogP) is 2.37. The van der Waals surface area contributed by atoms with Crippen LogP contribution in [0.2, 0.25) is 5.02 Å². The molecule has 0 saturated heterocycles. The molecule has 1 rings (SSSR count). The summed E-state index contributed by atoms with van der Waals surface area (Å²) in [5.74, 6) is 3.84. The number of ether oxygens (including phenoxy) is 1. The molecular weight excluding hydrogens is 221 g/mol. The van der Waals surface area contributed by atoms with Crippen molar-refractivity contribution in [3.05, 3.63) is 23.0 Å². The average Bonchev–Trinajstić information content (AvgIpc) is 2.09. The van der Waals surface area contributed by atoms with E-state index >= 15 is 0 Å². The number of rotatable bonds is 3. The van der Waals surface area contributed by atoms with Gasteiger partial charge in [-0.05, 0) is 6.07 Å². The largest absolute Gasteiger partial charge is 0.433 e. The van der Waals surface area contributed by atoms with Gasteiger partial charge in [-0.3, -0.25) is 5.84 Å². The average molecular weight is 227 g/mol. The minimum absolute atomic E-state index is 0.176. The van der Waals surface area contributed by atoms with Crippen LogP contribution in [0.4, 0.5) is 18.9 Å². The predicted molar refractivity (Wildman–Crippen MR) is 45.9 cm³/mol. The van der Waals surface area contributed by atoms with Gasteiger partial charge in [0.1, 0.15) is 11.6 Å². The third-order valence-corrected chi connectivity index (χ3v) is 1.69. The van der Waals surface area contributed by atoms with E-state index in [1.807, 2.05) is 5.43 Å². The molecule has 0 atom stereocenters. The van der Waals surface area contributed by atoms with Gasteiger partial charge in [-0.1, -0.05) is 11.6 Å². The molecule has 0 spiro atoms. The lowest BCUT2D eigenvalue weighted by Crippen LogP contribution is -2.10. The van der Waals surface area contributed by atoms with Gasteiger partial charge in [-0.2, -0.15) is 8.78 Å². The van der Waals surface area contributed by atoms with E-state index in [4.69, 9.17) is 17.4 Å². The van der Waals surface area contributed by atoms with Crippen molar-refractivity contribution in [3.8, 4) is 5.75 Å². The highest BCUT2D eigenvalue weighted by molar-refractivity contribution is 6.32. The van der Waals surface area contributed by atoms with E-state index in [0.29, 0.717) is 0 Å². The number of nitrogens with two attached hydrogens (primary N) is 1. The lowest BCUT2D eigenvalue weighted by Gasteiger charge is -2.09. The Labute approximate surface area is 82.6 Å². The van der Waals surface area contributed by atoms with Gasteiger partial charge in [0.05, 0.1) is 10.7 Å². The Hall–Kier alpha value is -1.14. The summed E-state index contributed by atoms with van der Waals surface area (Å²) in [4.78, 5) is 0. The van der Waals surface area contributed by atoms with Gasteiger partial charge >= 0.3 is 6.61 Å². The molecule has 0 unspecified atom stereocenters. The summed E-state index contributed by atoms with van der Waals surface area (Å²) in [6.45, 7) is -3.02. The summed E-state index contributed by atoms with van der Waals surface area (Å²) in [6.07, 6.45) is 0. The van der Waals surface area contributed by atoms with Gasteiger partial charge in [-0.15, -0.1) is 0 Å². The van der Waals surface area contributed by atoms with Crippen LogP contribution in [0.15, 0.2) is 12.1 Å². The highest BCUT2D eigenvalue weighted by Gasteiger charge is 2.12. The van der Waals surface area contributed by atoms with Crippen molar-refractivity contribution in [2.75, 3.05) is 5.43 Å². The van der Waals surface area contributed by atoms with E-state index in [1.54, 1.807) is 0 Å². The van der Waals surface area contributed by atoms with E-state index in [2.05, 4.69) is 4.74 Å². The molecule has 0 aliphatic carbocycles. The molecule has 0 fully saturated rings. The monoisotopic (exact) mass is 226 g/mol. The zero-order chi connectivity index (χ0) is 10.7. The second kappa shape index (κ2) is 4.39. The fourth-order valence-corrected chi connectivity index (χ4v) is 1.02. The topological polar surface area (TPSA) is 47.3 Å². The fraction of sp³-hybridized carbons (Fsp3) is 0.143. The van der Waals surface area contributed by atoms with Crippen LogP contribution in [0.3, 0.4) is 0 Å². The molecule has 0 radical (unpaired) electrons. The number of benzene rings is 1. The zero-order valence-corrected chi connectivity index (χ0v) is 7.49. The Kier molecular flexibility index (Phi) is 3.43. The van der Waals surface area contributed by atoms with Gasteiger partial charge in [0.25, 0.3) is 0 Å². The molecule has 0 saturated carbocycles. The third kappa shape index (κ3) is 2.43. The van der Waals surface area contributed by atoms with Crippen molar-refractivity contribution >= 4 is 17.3 Å². The van der Waals surface area contributed by atoms with Crippen LogP contribution in [-0.2, 0) is 0 Å². The first-order chi connectivity index (χ1) is 6.54. The van der Waals surface area contributed by atoms with Crippen LogP contribution in [0.5, 0.6) is 5.75 Å². The molecule has 0 heterocycles. The first kappa shape index (κ1) is 10.9. The minimum atomic E-state index is -3.02. The maximum absolute atomic E-state index is 12.9. The lowest BCUT2D eigenvalue weighted by molar-refractivity contribution is -0.0497. The number of hydrogen-bond acceptors (Lipinski definition) is 3. The summed E-state index contributed by atoms with van der Waals surface area (Å²) < 4.78 is 40.5. The normalized spacial score (nSPS) is 10.4. The molecule has 78 valence electrons. The second-order valence-corrected chi connectivity index (χ2v) is 2.69. The standard InChI is InChI=1S/C7H6ClF3N2O/c8-3-1-4(9)5(13-12)2-6(3)14-7(10)11/h1-2,7,13H,12H2. The highest BCUT2D eigenvalue weighted by atomic mass is 35.5. The number of anilines is 1. The van der Waals surface area contributed by atoms with Crippen LogP contribution in [0.1, 0.15) is 0 Å². The first-order valence-corrected chi connectivity index (χ1v) is 3.83. The molecule has 0 aliphatic rings. The molecule has 3 N–H and O–H groups in total. The summed E-state index contributed by atoms with van der Waals surface area (Å²) in [6, 6.07) is 1.78. The van der Waals surface area contributed by atoms with Crippen molar-refractivity contribution in [2.24, 2.45) is 5.84 Å². The van der Waals surface area contributed by atoms with Gasteiger partial charge in [0, 0.05) is 6.07 Å². The van der Waals surface area contributed by atoms with Gasteiger partial charge in [0.15, 0.2) is 0 Å². The molecule has 0 bridgehead atoms. The molecule has 1 aromatic rings. The number of nitrogen functional groups attached to an aromatic ring is 1. The summed E-state index contributed by atoms with van der Waals surface area (Å²) in [5.41, 5.74) is 1.80. The molecule has 7 heteroatoms. The molecule has 0 aliphatic heterocycles. The number of alkyl halides is 2. The number of hydrogen-bond donors (Lipinski definition) is 2. The van der Waals surface area contributed by atoms with E-state index < -0.39 is 12.4 Å². The third-order valence-electron chi connectivity index (χ3n) is 1.39. The molecular formula is C7H6ClF3N2O. The molecule has 0 amide bonds. The maximum atomic E-state index is 12.9. The number of hydrazine groups is 1. The molecule has 0 aromatic heterocycles. The van der Waals surface area contributed by atoms with Crippen molar-refractivity contribution < 1.29 is 17.9 Å². The van der Waals surface area contributed by atoms with E-state index in [0.717, 1.165) is 12.1 Å². The van der Waals surface area contributed by atoms with Crippen molar-refractivity contribution in [3.63, 3.8) is 0 Å². The minimum Gasteiger partial charge on any atom is -0.433 e. The van der Waals surface area contributed by atoms with E-state index in [1.165, 1.54) is 0 Å². The van der Waals surface area contributed by atoms with Gasteiger partial charge in [-0.25, -0.2) is 4.39 Å². The Morgan fingerprint density at radius 2 is 2.07 bits per heavy atom. The number of halogens is 4. The van der Waals surface area contributed by atoms with Crippen LogP contribution in [0.25, 0.3) is 0 Å². The zero-order valence-electron chi connectivity index (χ0n) is 6.73. The fourth-order valence-electron chi connectivity index (χ4n) is 0.826. The maximum Gasteiger partial charge on any atom is 0.387 e. The van der Waals surface area contributed by atoms with E-state index in [-0.39, 0.29) is 16.5 Å². The molecule has 3 nitrogen and oxygen atoms in total. The smallest absolute Gasteiger partial charge is 0.387 e.